The summed E-state index contributed by atoms with van der Waals surface area (Å²) in [7, 11) is 0. The smallest absolute Gasteiger partial charge is 0.244 e. The van der Waals surface area contributed by atoms with Gasteiger partial charge in [0, 0.05) is 19.6 Å². The van der Waals surface area contributed by atoms with Crippen molar-refractivity contribution in [1.82, 2.24) is 10.2 Å². The predicted molar refractivity (Wildman–Crippen MR) is 95.3 cm³/mol. The van der Waals surface area contributed by atoms with Crippen LogP contribution in [-0.4, -0.2) is 36.3 Å². The lowest BCUT2D eigenvalue weighted by molar-refractivity contribution is -0.137. The summed E-state index contributed by atoms with van der Waals surface area (Å²) in [5.41, 5.74) is 8.11. The minimum absolute atomic E-state index is 0.0601. The molecule has 0 saturated carbocycles. The second-order valence-electron chi connectivity index (χ2n) is 6.66. The molecule has 0 bridgehead atoms. The van der Waals surface area contributed by atoms with Gasteiger partial charge in [0.15, 0.2) is 0 Å². The standard InChI is InChI=1S/C19H29N3O2/c1-3-4-11-21-18(23)16-6-5-12-22(13-16)19(24)17(20)15-9-7-14(2)8-10-15/h7-10,16-17H,3-6,11-13,20H2,1-2H3,(H,21,23). The summed E-state index contributed by atoms with van der Waals surface area (Å²) in [6, 6.07) is 7.06. The van der Waals surface area contributed by atoms with Crippen molar-refractivity contribution in [2.24, 2.45) is 11.7 Å². The van der Waals surface area contributed by atoms with E-state index in [-0.39, 0.29) is 17.7 Å². The van der Waals surface area contributed by atoms with Gasteiger partial charge in [-0.1, -0.05) is 43.2 Å². The third kappa shape index (κ3) is 4.81. The fourth-order valence-corrected chi connectivity index (χ4v) is 3.04. The van der Waals surface area contributed by atoms with Crippen molar-refractivity contribution in [3.05, 3.63) is 35.4 Å². The van der Waals surface area contributed by atoms with Gasteiger partial charge in [-0.3, -0.25) is 9.59 Å². The van der Waals surface area contributed by atoms with Crippen LogP contribution < -0.4 is 11.1 Å². The number of nitrogens with zero attached hydrogens (tertiary/aromatic N) is 1. The molecule has 5 heteroatoms. The SMILES string of the molecule is CCCCNC(=O)C1CCCN(C(=O)C(N)c2ccc(C)cc2)C1. The zero-order chi connectivity index (χ0) is 17.5. The molecule has 3 N–H and O–H groups in total. The van der Waals surface area contributed by atoms with Gasteiger partial charge in [-0.15, -0.1) is 0 Å². The number of unbranched alkanes of at least 4 members (excludes halogenated alkanes) is 1. The van der Waals surface area contributed by atoms with Crippen LogP contribution >= 0.6 is 0 Å². The number of carbonyl (C=O) groups excluding carboxylic acids is 2. The second kappa shape index (κ2) is 8.83. The van der Waals surface area contributed by atoms with Gasteiger partial charge in [-0.2, -0.15) is 0 Å². The molecule has 1 fully saturated rings. The molecule has 2 atom stereocenters. The lowest BCUT2D eigenvalue weighted by atomic mass is 9.95. The minimum Gasteiger partial charge on any atom is -0.356 e. The van der Waals surface area contributed by atoms with E-state index in [0.29, 0.717) is 19.6 Å². The minimum atomic E-state index is -0.660. The number of carbonyl (C=O) groups is 2. The van der Waals surface area contributed by atoms with Crippen LogP contribution in [0.1, 0.15) is 49.8 Å². The Morgan fingerprint density at radius 1 is 1.33 bits per heavy atom. The first-order chi connectivity index (χ1) is 11.5. The van der Waals surface area contributed by atoms with E-state index in [1.54, 1.807) is 4.90 Å². The molecule has 1 aromatic carbocycles. The molecule has 2 amide bonds. The van der Waals surface area contributed by atoms with Crippen molar-refractivity contribution in [3.8, 4) is 0 Å². The van der Waals surface area contributed by atoms with Crippen LogP contribution in [0.3, 0.4) is 0 Å². The zero-order valence-electron chi connectivity index (χ0n) is 14.8. The van der Waals surface area contributed by atoms with Crippen molar-refractivity contribution in [2.75, 3.05) is 19.6 Å². The van der Waals surface area contributed by atoms with Crippen LogP contribution in [0.15, 0.2) is 24.3 Å². The first-order valence-corrected chi connectivity index (χ1v) is 8.91. The summed E-state index contributed by atoms with van der Waals surface area (Å²) < 4.78 is 0. The van der Waals surface area contributed by atoms with Crippen LogP contribution in [0.2, 0.25) is 0 Å². The van der Waals surface area contributed by atoms with Crippen LogP contribution in [0.25, 0.3) is 0 Å². The van der Waals surface area contributed by atoms with Crippen molar-refractivity contribution >= 4 is 11.8 Å². The molecule has 1 saturated heterocycles. The Kier molecular flexibility index (Phi) is 6.79. The number of benzene rings is 1. The van der Waals surface area contributed by atoms with Crippen LogP contribution in [0.4, 0.5) is 0 Å². The van der Waals surface area contributed by atoms with Gasteiger partial charge in [0.1, 0.15) is 6.04 Å². The summed E-state index contributed by atoms with van der Waals surface area (Å²) in [5, 5.41) is 2.97. The van der Waals surface area contributed by atoms with E-state index in [4.69, 9.17) is 5.73 Å². The van der Waals surface area contributed by atoms with Crippen molar-refractivity contribution in [3.63, 3.8) is 0 Å². The number of hydrogen-bond acceptors (Lipinski definition) is 3. The highest BCUT2D eigenvalue weighted by molar-refractivity contribution is 5.85. The number of likely N-dealkylation sites (tertiary alicyclic amines) is 1. The summed E-state index contributed by atoms with van der Waals surface area (Å²) in [4.78, 5) is 26.7. The van der Waals surface area contributed by atoms with Gasteiger partial charge in [-0.05, 0) is 31.7 Å². The van der Waals surface area contributed by atoms with Crippen LogP contribution in [-0.2, 0) is 9.59 Å². The van der Waals surface area contributed by atoms with Gasteiger partial charge < -0.3 is 16.0 Å². The second-order valence-corrected chi connectivity index (χ2v) is 6.66. The van der Waals surface area contributed by atoms with Gasteiger partial charge >= 0.3 is 0 Å². The molecule has 5 nitrogen and oxygen atoms in total. The van der Waals surface area contributed by atoms with E-state index >= 15 is 0 Å². The number of nitrogens with two attached hydrogens (primary N) is 1. The molecule has 1 aromatic rings. The van der Waals surface area contributed by atoms with Gasteiger partial charge in [0.2, 0.25) is 11.8 Å². The summed E-state index contributed by atoms with van der Waals surface area (Å²) >= 11 is 0. The number of amides is 2. The zero-order valence-corrected chi connectivity index (χ0v) is 14.8. The third-order valence-corrected chi connectivity index (χ3v) is 4.64. The predicted octanol–water partition coefficient (Wildman–Crippen LogP) is 2.15. The molecule has 1 heterocycles. The molecular weight excluding hydrogens is 302 g/mol. The normalized spacial score (nSPS) is 19.0. The Labute approximate surface area is 144 Å². The Bertz CT molecular complexity index is 556. The number of aryl methyl sites for hydroxylation is 1. The van der Waals surface area contributed by atoms with Crippen LogP contribution in [0, 0.1) is 12.8 Å². The van der Waals surface area contributed by atoms with Gasteiger partial charge in [-0.25, -0.2) is 0 Å². The number of hydrogen-bond donors (Lipinski definition) is 2. The van der Waals surface area contributed by atoms with E-state index in [1.807, 2.05) is 31.2 Å². The summed E-state index contributed by atoms with van der Waals surface area (Å²) in [6.45, 7) is 5.96. The first-order valence-electron chi connectivity index (χ1n) is 8.91. The molecule has 0 aliphatic carbocycles. The van der Waals surface area contributed by atoms with Gasteiger partial charge in [0.05, 0.1) is 5.92 Å². The maximum absolute atomic E-state index is 12.7. The van der Waals surface area contributed by atoms with Crippen molar-refractivity contribution in [1.29, 1.82) is 0 Å². The average Bonchev–Trinajstić information content (AvgIpc) is 2.61. The number of piperidine rings is 1. The highest BCUT2D eigenvalue weighted by Gasteiger charge is 2.30. The lowest BCUT2D eigenvalue weighted by Gasteiger charge is -2.33. The van der Waals surface area contributed by atoms with Crippen molar-refractivity contribution < 1.29 is 9.59 Å². The molecule has 2 unspecified atom stereocenters. The van der Waals surface area contributed by atoms with E-state index in [9.17, 15) is 9.59 Å². The molecule has 0 spiro atoms. The largest absolute Gasteiger partial charge is 0.356 e. The third-order valence-electron chi connectivity index (χ3n) is 4.64. The molecule has 132 valence electrons. The van der Waals surface area contributed by atoms with E-state index in [2.05, 4.69) is 12.2 Å². The topological polar surface area (TPSA) is 75.4 Å². The number of nitrogens with one attached hydrogen (secondary N) is 1. The highest BCUT2D eigenvalue weighted by Crippen LogP contribution is 2.21. The average molecular weight is 331 g/mol. The van der Waals surface area contributed by atoms with Gasteiger partial charge in [0.25, 0.3) is 0 Å². The van der Waals surface area contributed by atoms with Crippen LogP contribution in [0.5, 0.6) is 0 Å². The Balaban J connectivity index is 1.94. The van der Waals surface area contributed by atoms with E-state index in [0.717, 1.165) is 36.8 Å². The molecular formula is C19H29N3O2. The summed E-state index contributed by atoms with van der Waals surface area (Å²) in [5.74, 6) is -0.153. The fraction of sp³-hybridized carbons (Fsp3) is 0.579. The Morgan fingerprint density at radius 3 is 2.71 bits per heavy atom. The maximum Gasteiger partial charge on any atom is 0.244 e. The highest BCUT2D eigenvalue weighted by atomic mass is 16.2. The number of rotatable bonds is 6. The van der Waals surface area contributed by atoms with E-state index in [1.165, 1.54) is 0 Å². The van der Waals surface area contributed by atoms with Crippen molar-refractivity contribution in [2.45, 2.75) is 45.6 Å². The maximum atomic E-state index is 12.7. The molecule has 0 radical (unpaired) electrons. The monoisotopic (exact) mass is 331 g/mol. The Morgan fingerprint density at radius 2 is 2.04 bits per heavy atom. The molecule has 0 aromatic heterocycles. The molecule has 24 heavy (non-hydrogen) atoms. The molecule has 1 aliphatic heterocycles. The lowest BCUT2D eigenvalue weighted by Crippen LogP contribution is -2.48. The fourth-order valence-electron chi connectivity index (χ4n) is 3.04. The Hall–Kier alpha value is -1.88. The summed E-state index contributed by atoms with van der Waals surface area (Å²) in [6.07, 6.45) is 3.72. The van der Waals surface area contributed by atoms with E-state index < -0.39 is 6.04 Å². The molecule has 1 aliphatic rings. The quantitative estimate of drug-likeness (QED) is 0.784. The first kappa shape index (κ1) is 18.5. The molecule has 2 rings (SSSR count).